The Morgan fingerprint density at radius 1 is 1.03 bits per heavy atom. The molecule has 4 aromatic rings. The molecular formula is C27H29N3O3. The van der Waals surface area contributed by atoms with E-state index in [1.807, 2.05) is 55.5 Å². The third-order valence-electron chi connectivity index (χ3n) is 6.67. The summed E-state index contributed by atoms with van der Waals surface area (Å²) in [5.41, 5.74) is 2.58. The molecule has 1 aliphatic heterocycles. The lowest BCUT2D eigenvalue weighted by molar-refractivity contribution is 0.0224. The number of para-hydroxylation sites is 2. The predicted molar refractivity (Wildman–Crippen MR) is 130 cm³/mol. The minimum Gasteiger partial charge on any atom is -0.458 e. The van der Waals surface area contributed by atoms with Gasteiger partial charge < -0.3 is 9.72 Å². The van der Waals surface area contributed by atoms with E-state index in [2.05, 4.69) is 16.8 Å². The van der Waals surface area contributed by atoms with Crippen LogP contribution in [0.15, 0.2) is 60.9 Å². The number of nitrogens with zero attached hydrogens (tertiary/aromatic N) is 2. The first-order valence-electron chi connectivity index (χ1n) is 11.7. The Kier molecular flexibility index (Phi) is 5.77. The van der Waals surface area contributed by atoms with Crippen LogP contribution in [-0.4, -0.2) is 52.1 Å². The fourth-order valence-electron chi connectivity index (χ4n) is 4.78. The number of aromatic amines is 1. The van der Waals surface area contributed by atoms with Gasteiger partial charge in [0.2, 0.25) is 0 Å². The van der Waals surface area contributed by atoms with Gasteiger partial charge in [-0.15, -0.1) is 0 Å². The van der Waals surface area contributed by atoms with Gasteiger partial charge in [-0.05, 0) is 50.9 Å². The highest BCUT2D eigenvalue weighted by Gasteiger charge is 2.24. The lowest BCUT2D eigenvalue weighted by atomic mass is 9.99. The molecule has 0 bridgehead atoms. The predicted octanol–water partition coefficient (Wildman–Crippen LogP) is 5.09. The molecule has 0 radical (unpaired) electrons. The zero-order valence-corrected chi connectivity index (χ0v) is 19.1. The van der Waals surface area contributed by atoms with Crippen LogP contribution in [-0.2, 0) is 4.74 Å². The smallest absolute Gasteiger partial charge is 0.340 e. The number of likely N-dealkylation sites (tertiary alicyclic amines) is 1. The van der Waals surface area contributed by atoms with Gasteiger partial charge >= 0.3 is 5.97 Å². The monoisotopic (exact) mass is 443 g/mol. The summed E-state index contributed by atoms with van der Waals surface area (Å²) in [6.45, 7) is 7.04. The number of aromatic nitrogens is 2. The Morgan fingerprint density at radius 2 is 1.73 bits per heavy atom. The number of benzene rings is 2. The van der Waals surface area contributed by atoms with Gasteiger partial charge in [0.25, 0.3) is 5.91 Å². The fourth-order valence-corrected chi connectivity index (χ4v) is 4.78. The number of carbonyl (C=O) groups excluding carboxylic acids is 2. The lowest BCUT2D eigenvalue weighted by Gasteiger charge is -2.31. The van der Waals surface area contributed by atoms with E-state index < -0.39 is 5.97 Å². The molecule has 6 heteroatoms. The summed E-state index contributed by atoms with van der Waals surface area (Å²) in [4.78, 5) is 32.1. The summed E-state index contributed by atoms with van der Waals surface area (Å²) < 4.78 is 7.37. The van der Waals surface area contributed by atoms with Crippen molar-refractivity contribution in [1.29, 1.82) is 0 Å². The third kappa shape index (κ3) is 4.18. The van der Waals surface area contributed by atoms with Crippen molar-refractivity contribution < 1.29 is 14.3 Å². The normalized spacial score (nSPS) is 16.3. The molecule has 1 saturated heterocycles. The largest absolute Gasteiger partial charge is 0.458 e. The number of hydrogen-bond donors (Lipinski definition) is 1. The first-order valence-corrected chi connectivity index (χ1v) is 11.7. The number of carbonyl (C=O) groups is 2. The van der Waals surface area contributed by atoms with Crippen LogP contribution < -0.4 is 0 Å². The highest BCUT2D eigenvalue weighted by molar-refractivity contribution is 6.13. The molecule has 2 aromatic carbocycles. The first kappa shape index (κ1) is 21.5. The second-order valence-electron chi connectivity index (χ2n) is 9.18. The number of ether oxygens (including phenoxy) is 1. The molecule has 0 saturated carbocycles. The first-order chi connectivity index (χ1) is 16.0. The van der Waals surface area contributed by atoms with Gasteiger partial charge in [-0.1, -0.05) is 43.3 Å². The van der Waals surface area contributed by atoms with E-state index in [4.69, 9.17) is 4.74 Å². The van der Waals surface area contributed by atoms with Crippen LogP contribution in [0.3, 0.4) is 0 Å². The summed E-state index contributed by atoms with van der Waals surface area (Å²) in [7, 11) is 0. The number of nitrogens with one attached hydrogen (secondary N) is 1. The van der Waals surface area contributed by atoms with Gasteiger partial charge in [-0.25, -0.2) is 4.79 Å². The maximum atomic E-state index is 13.5. The summed E-state index contributed by atoms with van der Waals surface area (Å²) in [6.07, 6.45) is 5.49. The fraction of sp³-hybridized carbons (Fsp3) is 0.333. The Bertz CT molecular complexity index is 1310. The van der Waals surface area contributed by atoms with Crippen molar-refractivity contribution in [1.82, 2.24) is 14.5 Å². The Labute approximate surface area is 193 Å². The SMILES string of the molecule is CC1CCN(CC(C)OC(=O)c2cn(C(=O)c3c[nH]c4ccccc34)c3ccccc23)CC1. The second kappa shape index (κ2) is 8.87. The molecule has 3 heterocycles. The molecular weight excluding hydrogens is 414 g/mol. The number of esters is 1. The van der Waals surface area contributed by atoms with E-state index in [0.717, 1.165) is 41.8 Å². The number of rotatable bonds is 5. The minimum absolute atomic E-state index is 0.182. The van der Waals surface area contributed by atoms with Crippen molar-refractivity contribution in [3.63, 3.8) is 0 Å². The highest BCUT2D eigenvalue weighted by atomic mass is 16.5. The van der Waals surface area contributed by atoms with Crippen LogP contribution in [0.25, 0.3) is 21.8 Å². The number of H-pyrrole nitrogens is 1. The summed E-state index contributed by atoms with van der Waals surface area (Å²) in [5.74, 6) is 0.188. The Balaban J connectivity index is 1.40. The molecule has 6 nitrogen and oxygen atoms in total. The van der Waals surface area contributed by atoms with E-state index in [9.17, 15) is 9.59 Å². The number of hydrogen-bond acceptors (Lipinski definition) is 4. The highest BCUT2D eigenvalue weighted by Crippen LogP contribution is 2.26. The van der Waals surface area contributed by atoms with Crippen molar-refractivity contribution in [2.24, 2.45) is 5.92 Å². The molecule has 0 spiro atoms. The van der Waals surface area contributed by atoms with Crippen LogP contribution in [0.4, 0.5) is 0 Å². The molecule has 0 amide bonds. The molecule has 5 rings (SSSR count). The molecule has 2 aromatic heterocycles. The van der Waals surface area contributed by atoms with E-state index in [0.29, 0.717) is 16.6 Å². The third-order valence-corrected chi connectivity index (χ3v) is 6.67. The van der Waals surface area contributed by atoms with Crippen LogP contribution in [0, 0.1) is 5.92 Å². The lowest BCUT2D eigenvalue weighted by Crippen LogP contribution is -2.38. The average molecular weight is 444 g/mol. The number of fused-ring (bicyclic) bond motifs is 2. The summed E-state index contributed by atoms with van der Waals surface area (Å²) in [6, 6.07) is 15.2. The van der Waals surface area contributed by atoms with Crippen molar-refractivity contribution >= 4 is 33.7 Å². The standard InChI is InChI=1S/C27H29N3O3/c1-18-11-13-29(14-12-18)16-19(2)33-27(32)23-17-30(25-10-6-4-8-21(23)25)26(31)22-15-28-24-9-5-3-7-20(22)24/h3-10,15,17-19,28H,11-14,16H2,1-2H3. The van der Waals surface area contributed by atoms with Crippen LogP contribution in [0.2, 0.25) is 0 Å². The van der Waals surface area contributed by atoms with Gasteiger partial charge in [-0.2, -0.15) is 0 Å². The van der Waals surface area contributed by atoms with E-state index in [1.165, 1.54) is 12.8 Å². The average Bonchev–Trinajstić information content (AvgIpc) is 3.42. The molecule has 0 aliphatic carbocycles. The van der Waals surface area contributed by atoms with Crippen molar-refractivity contribution in [2.45, 2.75) is 32.8 Å². The zero-order valence-electron chi connectivity index (χ0n) is 19.1. The maximum absolute atomic E-state index is 13.5. The van der Waals surface area contributed by atoms with Gasteiger partial charge in [-0.3, -0.25) is 14.3 Å². The topological polar surface area (TPSA) is 67.3 Å². The van der Waals surface area contributed by atoms with E-state index >= 15 is 0 Å². The van der Waals surface area contributed by atoms with Crippen LogP contribution >= 0.6 is 0 Å². The summed E-state index contributed by atoms with van der Waals surface area (Å²) >= 11 is 0. The van der Waals surface area contributed by atoms with Gasteiger partial charge in [0.1, 0.15) is 6.10 Å². The number of piperidine rings is 1. The second-order valence-corrected chi connectivity index (χ2v) is 9.18. The minimum atomic E-state index is -0.394. The molecule has 170 valence electrons. The molecule has 33 heavy (non-hydrogen) atoms. The molecule has 1 unspecified atom stereocenters. The van der Waals surface area contributed by atoms with Crippen LogP contribution in [0.1, 0.15) is 47.4 Å². The van der Waals surface area contributed by atoms with Gasteiger partial charge in [0.05, 0.1) is 16.6 Å². The molecule has 1 fully saturated rings. The van der Waals surface area contributed by atoms with Gasteiger partial charge in [0, 0.05) is 35.2 Å². The van der Waals surface area contributed by atoms with Crippen molar-refractivity contribution in [3.8, 4) is 0 Å². The van der Waals surface area contributed by atoms with Gasteiger partial charge in [0.15, 0.2) is 0 Å². The van der Waals surface area contributed by atoms with E-state index in [1.54, 1.807) is 17.0 Å². The Morgan fingerprint density at radius 3 is 2.52 bits per heavy atom. The summed E-state index contributed by atoms with van der Waals surface area (Å²) in [5, 5.41) is 1.57. The molecule has 1 aliphatic rings. The van der Waals surface area contributed by atoms with Crippen molar-refractivity contribution in [3.05, 3.63) is 72.1 Å². The van der Waals surface area contributed by atoms with Crippen LogP contribution in [0.5, 0.6) is 0 Å². The van der Waals surface area contributed by atoms with E-state index in [-0.39, 0.29) is 12.0 Å². The maximum Gasteiger partial charge on any atom is 0.340 e. The van der Waals surface area contributed by atoms with Crippen molar-refractivity contribution in [2.75, 3.05) is 19.6 Å². The molecule has 1 N–H and O–H groups in total. The quantitative estimate of drug-likeness (QED) is 0.437. The molecule has 1 atom stereocenters. The zero-order chi connectivity index (χ0) is 22.9. The Hall–Kier alpha value is -3.38.